The molecule has 0 spiro atoms. The Morgan fingerprint density at radius 3 is 2.86 bits per heavy atom. The maximum atomic E-state index is 13.2. The molecule has 21 heavy (non-hydrogen) atoms. The van der Waals surface area contributed by atoms with Crippen LogP contribution in [0.25, 0.3) is 0 Å². The minimum atomic E-state index is -0.602. The molecule has 0 amide bonds. The van der Waals surface area contributed by atoms with E-state index in [4.69, 9.17) is 0 Å². The average molecular weight is 286 g/mol. The Bertz CT molecular complexity index is 715. The van der Waals surface area contributed by atoms with Crippen LogP contribution in [-0.4, -0.2) is 4.92 Å². The highest BCUT2D eigenvalue weighted by molar-refractivity contribution is 5.63. The van der Waals surface area contributed by atoms with Gasteiger partial charge in [-0.2, -0.15) is 0 Å². The number of anilines is 1. The minimum Gasteiger partial charge on any atom is -0.373 e. The van der Waals surface area contributed by atoms with E-state index >= 15 is 0 Å². The lowest BCUT2D eigenvalue weighted by Gasteiger charge is -2.16. The molecule has 0 radical (unpaired) electrons. The standard InChI is InChI=1S/C16H15FN2O2/c1-10-2-3-11-4-6-14(13(11)8-10)18-15-7-5-12(17)9-16(15)19(20)21/h2-3,5,7-9,14,18H,4,6H2,1H3. The molecule has 1 aliphatic carbocycles. The molecule has 0 saturated heterocycles. The molecule has 1 aliphatic rings. The lowest BCUT2D eigenvalue weighted by atomic mass is 10.0. The van der Waals surface area contributed by atoms with Gasteiger partial charge in [-0.05, 0) is 43.0 Å². The molecule has 5 heteroatoms. The number of hydrogen-bond acceptors (Lipinski definition) is 3. The maximum Gasteiger partial charge on any atom is 0.295 e. The first-order valence-electron chi connectivity index (χ1n) is 6.84. The highest BCUT2D eigenvalue weighted by Crippen LogP contribution is 2.36. The van der Waals surface area contributed by atoms with Crippen LogP contribution in [0.5, 0.6) is 0 Å². The van der Waals surface area contributed by atoms with Gasteiger partial charge in [-0.3, -0.25) is 10.1 Å². The van der Waals surface area contributed by atoms with Gasteiger partial charge in [0.2, 0.25) is 0 Å². The van der Waals surface area contributed by atoms with Crippen molar-refractivity contribution in [3.05, 3.63) is 69.0 Å². The Hall–Kier alpha value is -2.43. The van der Waals surface area contributed by atoms with Crippen LogP contribution in [0.2, 0.25) is 0 Å². The van der Waals surface area contributed by atoms with Crippen molar-refractivity contribution >= 4 is 11.4 Å². The number of halogens is 1. The summed E-state index contributed by atoms with van der Waals surface area (Å²) in [5.41, 5.74) is 3.74. The number of aryl methyl sites for hydroxylation is 2. The van der Waals surface area contributed by atoms with Crippen molar-refractivity contribution in [2.75, 3.05) is 5.32 Å². The molecule has 1 unspecified atom stereocenters. The van der Waals surface area contributed by atoms with Crippen molar-refractivity contribution in [1.82, 2.24) is 0 Å². The van der Waals surface area contributed by atoms with E-state index in [0.29, 0.717) is 5.69 Å². The van der Waals surface area contributed by atoms with Crippen LogP contribution in [0.3, 0.4) is 0 Å². The summed E-state index contributed by atoms with van der Waals surface area (Å²) in [6.07, 6.45) is 1.83. The molecular weight excluding hydrogens is 271 g/mol. The summed E-state index contributed by atoms with van der Waals surface area (Å²) >= 11 is 0. The van der Waals surface area contributed by atoms with Crippen LogP contribution in [0.15, 0.2) is 36.4 Å². The van der Waals surface area contributed by atoms with E-state index in [9.17, 15) is 14.5 Å². The van der Waals surface area contributed by atoms with Gasteiger partial charge in [0.25, 0.3) is 5.69 Å². The third-order valence-electron chi connectivity index (χ3n) is 3.87. The van der Waals surface area contributed by atoms with E-state index in [1.807, 2.05) is 6.92 Å². The number of hydrogen-bond donors (Lipinski definition) is 1. The van der Waals surface area contributed by atoms with Gasteiger partial charge in [0, 0.05) is 0 Å². The summed E-state index contributed by atoms with van der Waals surface area (Å²) in [6, 6.07) is 9.93. The quantitative estimate of drug-likeness (QED) is 0.681. The molecule has 0 aromatic heterocycles. The number of fused-ring (bicyclic) bond motifs is 1. The fourth-order valence-corrected chi connectivity index (χ4v) is 2.84. The summed E-state index contributed by atoms with van der Waals surface area (Å²) in [7, 11) is 0. The van der Waals surface area contributed by atoms with Crippen LogP contribution in [-0.2, 0) is 6.42 Å². The summed E-state index contributed by atoms with van der Waals surface area (Å²) in [5.74, 6) is -0.602. The zero-order chi connectivity index (χ0) is 15.0. The van der Waals surface area contributed by atoms with E-state index in [1.54, 1.807) is 0 Å². The summed E-state index contributed by atoms with van der Waals surface area (Å²) in [6.45, 7) is 2.02. The van der Waals surface area contributed by atoms with Gasteiger partial charge in [0.05, 0.1) is 17.0 Å². The van der Waals surface area contributed by atoms with Crippen molar-refractivity contribution in [2.45, 2.75) is 25.8 Å². The van der Waals surface area contributed by atoms with Crippen LogP contribution in [0.4, 0.5) is 15.8 Å². The highest BCUT2D eigenvalue weighted by Gasteiger charge is 2.25. The lowest BCUT2D eigenvalue weighted by Crippen LogP contribution is -2.09. The van der Waals surface area contributed by atoms with E-state index in [0.717, 1.165) is 24.5 Å². The first-order valence-corrected chi connectivity index (χ1v) is 6.84. The second-order valence-electron chi connectivity index (χ2n) is 5.36. The molecule has 0 saturated carbocycles. The Balaban J connectivity index is 1.93. The number of nitrogens with one attached hydrogen (secondary N) is 1. The molecular formula is C16H15FN2O2. The molecule has 3 rings (SSSR count). The Labute approximate surface area is 121 Å². The van der Waals surface area contributed by atoms with Gasteiger partial charge in [0.1, 0.15) is 11.5 Å². The summed E-state index contributed by atoms with van der Waals surface area (Å²) in [4.78, 5) is 10.5. The normalized spacial score (nSPS) is 16.6. The zero-order valence-corrected chi connectivity index (χ0v) is 11.6. The van der Waals surface area contributed by atoms with E-state index < -0.39 is 10.7 Å². The number of nitro groups is 1. The largest absolute Gasteiger partial charge is 0.373 e. The lowest BCUT2D eigenvalue weighted by molar-refractivity contribution is -0.384. The van der Waals surface area contributed by atoms with Crippen LogP contribution in [0.1, 0.15) is 29.2 Å². The van der Waals surface area contributed by atoms with E-state index in [1.165, 1.54) is 23.3 Å². The van der Waals surface area contributed by atoms with Gasteiger partial charge < -0.3 is 5.32 Å². The molecule has 2 aromatic carbocycles. The third-order valence-corrected chi connectivity index (χ3v) is 3.87. The van der Waals surface area contributed by atoms with Gasteiger partial charge in [-0.25, -0.2) is 4.39 Å². The van der Waals surface area contributed by atoms with Crippen LogP contribution in [0, 0.1) is 22.9 Å². The monoisotopic (exact) mass is 286 g/mol. The molecule has 0 aliphatic heterocycles. The predicted octanol–water partition coefficient (Wildman–Crippen LogP) is 4.14. The van der Waals surface area contributed by atoms with E-state index in [-0.39, 0.29) is 11.7 Å². The third kappa shape index (κ3) is 2.59. The van der Waals surface area contributed by atoms with Crippen molar-refractivity contribution < 1.29 is 9.31 Å². The highest BCUT2D eigenvalue weighted by atomic mass is 19.1. The Kier molecular flexibility index (Phi) is 3.33. The minimum absolute atomic E-state index is 0.0315. The molecule has 1 atom stereocenters. The van der Waals surface area contributed by atoms with Gasteiger partial charge >= 0.3 is 0 Å². The number of benzene rings is 2. The van der Waals surface area contributed by atoms with Crippen molar-refractivity contribution in [1.29, 1.82) is 0 Å². The number of nitro benzene ring substituents is 1. The van der Waals surface area contributed by atoms with Crippen LogP contribution >= 0.6 is 0 Å². The molecule has 0 heterocycles. The van der Waals surface area contributed by atoms with Crippen molar-refractivity contribution in [3.8, 4) is 0 Å². The molecule has 1 N–H and O–H groups in total. The number of nitrogens with zero attached hydrogens (tertiary/aromatic N) is 1. The molecule has 0 bridgehead atoms. The Morgan fingerprint density at radius 2 is 2.10 bits per heavy atom. The average Bonchev–Trinajstić information content (AvgIpc) is 2.83. The topological polar surface area (TPSA) is 55.2 Å². The molecule has 108 valence electrons. The zero-order valence-electron chi connectivity index (χ0n) is 11.6. The summed E-state index contributed by atoms with van der Waals surface area (Å²) < 4.78 is 13.2. The second kappa shape index (κ2) is 5.16. The van der Waals surface area contributed by atoms with Gasteiger partial charge in [0.15, 0.2) is 0 Å². The summed E-state index contributed by atoms with van der Waals surface area (Å²) in [5, 5.41) is 14.2. The number of rotatable bonds is 3. The maximum absolute atomic E-state index is 13.2. The first-order chi connectivity index (χ1) is 10.0. The van der Waals surface area contributed by atoms with Crippen LogP contribution < -0.4 is 5.32 Å². The molecule has 0 fully saturated rings. The predicted molar refractivity (Wildman–Crippen MR) is 78.9 cm³/mol. The van der Waals surface area contributed by atoms with Crippen molar-refractivity contribution in [2.24, 2.45) is 0 Å². The van der Waals surface area contributed by atoms with Gasteiger partial charge in [-0.15, -0.1) is 0 Å². The Morgan fingerprint density at radius 1 is 1.29 bits per heavy atom. The fourth-order valence-electron chi connectivity index (χ4n) is 2.84. The van der Waals surface area contributed by atoms with Gasteiger partial charge in [-0.1, -0.05) is 23.8 Å². The molecule has 4 nitrogen and oxygen atoms in total. The smallest absolute Gasteiger partial charge is 0.295 e. The fraction of sp³-hybridized carbons (Fsp3) is 0.250. The molecule has 2 aromatic rings. The second-order valence-corrected chi connectivity index (χ2v) is 5.36. The first kappa shape index (κ1) is 13.5. The van der Waals surface area contributed by atoms with E-state index in [2.05, 4.69) is 23.5 Å². The SMILES string of the molecule is Cc1ccc2c(c1)C(Nc1ccc(F)cc1[N+](=O)[O-])CC2. The van der Waals surface area contributed by atoms with Crippen molar-refractivity contribution in [3.63, 3.8) is 0 Å².